The maximum absolute atomic E-state index is 5.10. The van der Waals surface area contributed by atoms with Gasteiger partial charge < -0.3 is 10.1 Å². The van der Waals surface area contributed by atoms with Crippen molar-refractivity contribution in [2.75, 3.05) is 24.7 Å². The van der Waals surface area contributed by atoms with Gasteiger partial charge in [0.25, 0.3) is 0 Å². The van der Waals surface area contributed by atoms with E-state index in [0.717, 1.165) is 23.4 Å². The lowest BCUT2D eigenvalue weighted by atomic mass is 10.1. The number of rotatable bonds is 6. The molecule has 0 aliphatic heterocycles. The molecule has 0 amide bonds. The van der Waals surface area contributed by atoms with Crippen molar-refractivity contribution in [3.05, 3.63) is 0 Å². The minimum atomic E-state index is 0.384. The lowest BCUT2D eigenvalue weighted by Gasteiger charge is -2.09. The third-order valence-electron chi connectivity index (χ3n) is 3.03. The van der Waals surface area contributed by atoms with E-state index in [-0.39, 0.29) is 0 Å². The van der Waals surface area contributed by atoms with Crippen LogP contribution in [0.4, 0.5) is 5.95 Å². The van der Waals surface area contributed by atoms with E-state index in [1.165, 1.54) is 25.7 Å². The zero-order valence-electron chi connectivity index (χ0n) is 11.0. The van der Waals surface area contributed by atoms with Crippen LogP contribution < -0.4 is 10.1 Å². The van der Waals surface area contributed by atoms with Crippen molar-refractivity contribution in [3.63, 3.8) is 0 Å². The average Bonchev–Trinajstić information content (AvgIpc) is 2.89. The van der Waals surface area contributed by atoms with Crippen LogP contribution in [0.5, 0.6) is 6.01 Å². The Kier molecular flexibility index (Phi) is 5.04. The Hall–Kier alpha value is -1.04. The molecule has 1 heterocycles. The molecule has 1 aromatic heterocycles. The Morgan fingerprint density at radius 2 is 2.06 bits per heavy atom. The van der Waals surface area contributed by atoms with Crippen LogP contribution in [0.25, 0.3) is 0 Å². The quantitative estimate of drug-likeness (QED) is 0.800. The topological polar surface area (TPSA) is 59.9 Å². The monoisotopic (exact) mass is 268 g/mol. The number of thioether (sulfide) groups is 1. The average molecular weight is 268 g/mol. The molecule has 0 unspecified atom stereocenters. The van der Waals surface area contributed by atoms with Crippen molar-refractivity contribution < 1.29 is 4.74 Å². The summed E-state index contributed by atoms with van der Waals surface area (Å²) in [6.07, 6.45) is 5.42. The maximum atomic E-state index is 5.10. The predicted molar refractivity (Wildman–Crippen MR) is 73.2 cm³/mol. The lowest BCUT2D eigenvalue weighted by Crippen LogP contribution is -2.06. The van der Waals surface area contributed by atoms with Gasteiger partial charge in [-0.25, -0.2) is 0 Å². The number of methoxy groups -OCH3 is 1. The first-order valence-electron chi connectivity index (χ1n) is 6.48. The van der Waals surface area contributed by atoms with E-state index in [0.29, 0.717) is 12.0 Å². The second-order valence-corrected chi connectivity index (χ2v) is 5.41. The first-order chi connectivity index (χ1) is 8.81. The van der Waals surface area contributed by atoms with Crippen LogP contribution in [0.15, 0.2) is 5.16 Å². The van der Waals surface area contributed by atoms with Gasteiger partial charge in [-0.3, -0.25) is 0 Å². The number of nitrogens with zero attached hydrogens (tertiary/aromatic N) is 3. The fourth-order valence-electron chi connectivity index (χ4n) is 2.10. The molecule has 0 saturated heterocycles. The van der Waals surface area contributed by atoms with Gasteiger partial charge in [-0.1, -0.05) is 24.6 Å². The number of nitrogens with one attached hydrogen (secondary N) is 1. The molecule has 1 saturated carbocycles. The van der Waals surface area contributed by atoms with E-state index >= 15 is 0 Å². The highest BCUT2D eigenvalue weighted by molar-refractivity contribution is 7.99. The molecule has 1 N–H and O–H groups in total. The summed E-state index contributed by atoms with van der Waals surface area (Å²) in [5.41, 5.74) is 0. The van der Waals surface area contributed by atoms with Crippen LogP contribution >= 0.6 is 11.8 Å². The van der Waals surface area contributed by atoms with Crippen molar-refractivity contribution >= 4 is 17.7 Å². The molecule has 0 aromatic carbocycles. The van der Waals surface area contributed by atoms with Gasteiger partial charge in [-0.15, -0.1) is 0 Å². The zero-order chi connectivity index (χ0) is 12.8. The second-order valence-electron chi connectivity index (χ2n) is 4.42. The molecule has 1 aliphatic carbocycles. The third-order valence-corrected chi connectivity index (χ3v) is 4.11. The minimum Gasteiger partial charge on any atom is -0.467 e. The molecule has 1 fully saturated rings. The third kappa shape index (κ3) is 3.73. The van der Waals surface area contributed by atoms with Crippen LogP contribution in [0.2, 0.25) is 0 Å². The van der Waals surface area contributed by atoms with Gasteiger partial charge in [0.15, 0.2) is 5.16 Å². The van der Waals surface area contributed by atoms with E-state index in [1.54, 1.807) is 18.9 Å². The summed E-state index contributed by atoms with van der Waals surface area (Å²) in [5.74, 6) is 2.51. The van der Waals surface area contributed by atoms with Crippen molar-refractivity contribution in [1.29, 1.82) is 0 Å². The number of hydrogen-bond acceptors (Lipinski definition) is 6. The smallest absolute Gasteiger partial charge is 0.321 e. The standard InChI is InChI=1S/C12H20N4OS/c1-3-13-10-14-11(17-2)16-12(15-10)18-8-9-6-4-5-7-9/h9H,3-8H2,1-2H3,(H,13,14,15,16). The van der Waals surface area contributed by atoms with Gasteiger partial charge in [-0.05, 0) is 25.7 Å². The molecule has 6 heteroatoms. The Balaban J connectivity index is 1.98. The van der Waals surface area contributed by atoms with Gasteiger partial charge in [0.05, 0.1) is 7.11 Å². The molecule has 18 heavy (non-hydrogen) atoms. The fraction of sp³-hybridized carbons (Fsp3) is 0.750. The van der Waals surface area contributed by atoms with E-state index in [2.05, 4.69) is 20.3 Å². The molecule has 0 spiro atoms. The number of hydrogen-bond donors (Lipinski definition) is 1. The molecular formula is C12H20N4OS. The van der Waals surface area contributed by atoms with E-state index in [4.69, 9.17) is 4.74 Å². The summed E-state index contributed by atoms with van der Waals surface area (Å²) in [6, 6.07) is 0.384. The van der Waals surface area contributed by atoms with Gasteiger partial charge in [0, 0.05) is 12.3 Å². The van der Waals surface area contributed by atoms with E-state index < -0.39 is 0 Å². The zero-order valence-corrected chi connectivity index (χ0v) is 11.8. The molecule has 100 valence electrons. The Labute approximate surface area is 112 Å². The Morgan fingerprint density at radius 3 is 2.72 bits per heavy atom. The first-order valence-corrected chi connectivity index (χ1v) is 7.47. The van der Waals surface area contributed by atoms with E-state index in [1.807, 2.05) is 6.92 Å². The molecule has 1 aliphatic rings. The molecule has 0 bridgehead atoms. The minimum absolute atomic E-state index is 0.384. The van der Waals surface area contributed by atoms with Crippen molar-refractivity contribution in [1.82, 2.24) is 15.0 Å². The van der Waals surface area contributed by atoms with Crippen LogP contribution in [0, 0.1) is 5.92 Å². The molecule has 0 radical (unpaired) electrons. The largest absolute Gasteiger partial charge is 0.467 e. The fourth-order valence-corrected chi connectivity index (χ4v) is 3.11. The summed E-state index contributed by atoms with van der Waals surface area (Å²) >= 11 is 1.71. The second kappa shape index (κ2) is 6.78. The maximum Gasteiger partial charge on any atom is 0.321 e. The van der Waals surface area contributed by atoms with E-state index in [9.17, 15) is 0 Å². The lowest BCUT2D eigenvalue weighted by molar-refractivity contribution is 0.373. The highest BCUT2D eigenvalue weighted by Gasteiger charge is 2.16. The summed E-state index contributed by atoms with van der Waals surface area (Å²) in [6.45, 7) is 2.81. The normalized spacial score (nSPS) is 15.9. The van der Waals surface area contributed by atoms with Gasteiger partial charge >= 0.3 is 6.01 Å². The molecule has 2 rings (SSSR count). The van der Waals surface area contributed by atoms with Crippen molar-refractivity contribution in [2.24, 2.45) is 5.92 Å². The summed E-state index contributed by atoms with van der Waals surface area (Å²) < 4.78 is 5.10. The summed E-state index contributed by atoms with van der Waals surface area (Å²) in [5, 5.41) is 3.85. The molecule has 5 nitrogen and oxygen atoms in total. The van der Waals surface area contributed by atoms with Gasteiger partial charge in [0.1, 0.15) is 0 Å². The number of aromatic nitrogens is 3. The summed E-state index contributed by atoms with van der Waals surface area (Å²) in [4.78, 5) is 12.8. The highest BCUT2D eigenvalue weighted by atomic mass is 32.2. The number of anilines is 1. The van der Waals surface area contributed by atoms with Crippen LogP contribution in [0.3, 0.4) is 0 Å². The SMILES string of the molecule is CCNc1nc(OC)nc(SCC2CCCC2)n1. The van der Waals surface area contributed by atoms with Gasteiger partial charge in [-0.2, -0.15) is 15.0 Å². The van der Waals surface area contributed by atoms with Crippen LogP contribution in [0.1, 0.15) is 32.6 Å². The predicted octanol–water partition coefficient (Wildman–Crippen LogP) is 2.59. The van der Waals surface area contributed by atoms with Crippen LogP contribution in [-0.4, -0.2) is 34.4 Å². The first kappa shape index (κ1) is 13.4. The van der Waals surface area contributed by atoms with Gasteiger partial charge in [0.2, 0.25) is 5.95 Å². The Bertz CT molecular complexity index is 382. The van der Waals surface area contributed by atoms with Crippen molar-refractivity contribution in [3.8, 4) is 6.01 Å². The Morgan fingerprint density at radius 1 is 1.28 bits per heavy atom. The molecule has 1 aromatic rings. The van der Waals surface area contributed by atoms with Crippen molar-refractivity contribution in [2.45, 2.75) is 37.8 Å². The molecule has 0 atom stereocenters. The highest BCUT2D eigenvalue weighted by Crippen LogP contribution is 2.30. The number of ether oxygens (including phenoxy) is 1. The summed E-state index contributed by atoms with van der Waals surface area (Å²) in [7, 11) is 1.58. The molecular weight excluding hydrogens is 248 g/mol. The van der Waals surface area contributed by atoms with Crippen LogP contribution in [-0.2, 0) is 0 Å².